The van der Waals surface area contributed by atoms with Gasteiger partial charge in [-0.25, -0.2) is 4.98 Å². The fraction of sp³-hybridized carbons (Fsp3) is 0.211. The smallest absolute Gasteiger partial charge is 0.296 e. The summed E-state index contributed by atoms with van der Waals surface area (Å²) < 4.78 is 0. The van der Waals surface area contributed by atoms with Crippen molar-refractivity contribution in [2.24, 2.45) is 0 Å². The molecular formula is C19H14Cl2N4O3S2. The van der Waals surface area contributed by atoms with E-state index in [-0.39, 0.29) is 20.7 Å². The molecule has 1 unspecified atom stereocenters. The summed E-state index contributed by atoms with van der Waals surface area (Å²) in [5, 5.41) is 20.8. The van der Waals surface area contributed by atoms with Crippen molar-refractivity contribution in [1.82, 2.24) is 15.2 Å². The van der Waals surface area contributed by atoms with Gasteiger partial charge in [0.25, 0.3) is 5.91 Å². The fourth-order valence-electron chi connectivity index (χ4n) is 3.33. The van der Waals surface area contributed by atoms with Gasteiger partial charge in [0.2, 0.25) is 10.9 Å². The van der Waals surface area contributed by atoms with Gasteiger partial charge in [0, 0.05) is 15.6 Å². The number of rotatable bonds is 4. The van der Waals surface area contributed by atoms with E-state index in [0.717, 1.165) is 11.3 Å². The highest BCUT2D eigenvalue weighted by Gasteiger charge is 2.48. The molecule has 0 radical (unpaired) electrons. The average Bonchev–Trinajstić information content (AvgIpc) is 3.32. The lowest BCUT2D eigenvalue weighted by atomic mass is 9.95. The molecule has 4 rings (SSSR count). The van der Waals surface area contributed by atoms with Gasteiger partial charge < -0.3 is 5.11 Å². The Balaban J connectivity index is 1.96. The highest BCUT2D eigenvalue weighted by atomic mass is 35.5. The summed E-state index contributed by atoms with van der Waals surface area (Å²) in [7, 11) is 0. The quantitative estimate of drug-likeness (QED) is 0.527. The number of amides is 1. The van der Waals surface area contributed by atoms with Crippen LogP contribution in [-0.4, -0.2) is 32.0 Å². The number of hydrogen-bond acceptors (Lipinski definition) is 8. The van der Waals surface area contributed by atoms with Gasteiger partial charge in [-0.3, -0.25) is 14.5 Å². The summed E-state index contributed by atoms with van der Waals surface area (Å²) >= 11 is 15.2. The summed E-state index contributed by atoms with van der Waals surface area (Å²) in [5.41, 5.74) is 0.729. The third-order valence-corrected chi connectivity index (χ3v) is 7.13. The number of hydrogen-bond donors (Lipinski definition) is 1. The van der Waals surface area contributed by atoms with Gasteiger partial charge in [-0.05, 0) is 32.9 Å². The van der Waals surface area contributed by atoms with Crippen molar-refractivity contribution in [1.29, 1.82) is 0 Å². The van der Waals surface area contributed by atoms with E-state index >= 15 is 0 Å². The second kappa shape index (κ2) is 7.73. The molecule has 30 heavy (non-hydrogen) atoms. The number of benzene rings is 1. The number of aliphatic hydroxyl groups is 1. The van der Waals surface area contributed by atoms with Gasteiger partial charge in [0.15, 0.2) is 5.76 Å². The predicted octanol–water partition coefficient (Wildman–Crippen LogP) is 5.01. The van der Waals surface area contributed by atoms with Gasteiger partial charge in [-0.15, -0.1) is 21.5 Å². The van der Waals surface area contributed by atoms with Crippen LogP contribution in [-0.2, 0) is 4.79 Å². The van der Waals surface area contributed by atoms with Crippen molar-refractivity contribution in [3.63, 3.8) is 0 Å². The van der Waals surface area contributed by atoms with Crippen LogP contribution in [0.3, 0.4) is 0 Å². The Bertz CT molecular complexity index is 1210. The molecule has 1 aromatic carbocycles. The van der Waals surface area contributed by atoms with Crippen molar-refractivity contribution in [3.8, 4) is 0 Å². The van der Waals surface area contributed by atoms with Crippen LogP contribution in [0.25, 0.3) is 0 Å². The molecule has 0 saturated heterocycles. The Kier molecular flexibility index (Phi) is 5.39. The maximum atomic E-state index is 13.5. The molecule has 1 aliphatic rings. The summed E-state index contributed by atoms with van der Waals surface area (Å²) in [5.74, 6) is -1.94. The van der Waals surface area contributed by atoms with E-state index in [0.29, 0.717) is 26.1 Å². The predicted molar refractivity (Wildman–Crippen MR) is 117 cm³/mol. The van der Waals surface area contributed by atoms with Crippen molar-refractivity contribution in [2.75, 3.05) is 4.90 Å². The molecule has 0 fully saturated rings. The first-order valence-electron chi connectivity index (χ1n) is 8.70. The lowest BCUT2D eigenvalue weighted by Crippen LogP contribution is -2.31. The monoisotopic (exact) mass is 480 g/mol. The van der Waals surface area contributed by atoms with Crippen LogP contribution >= 0.6 is 45.9 Å². The van der Waals surface area contributed by atoms with E-state index in [1.165, 1.54) is 16.2 Å². The van der Waals surface area contributed by atoms with Gasteiger partial charge in [-0.2, -0.15) is 0 Å². The maximum absolute atomic E-state index is 13.5. The lowest BCUT2D eigenvalue weighted by molar-refractivity contribution is -0.117. The van der Waals surface area contributed by atoms with Gasteiger partial charge in [0.05, 0.1) is 21.2 Å². The SMILES string of the molecule is Cc1nnc(N2C(=O)C(O)=C(C(=O)c3sc(C)nc3C)C2c2c(Cl)cccc2Cl)s1. The van der Waals surface area contributed by atoms with Crippen LogP contribution in [0.4, 0.5) is 5.13 Å². The van der Waals surface area contributed by atoms with E-state index in [1.54, 1.807) is 39.0 Å². The van der Waals surface area contributed by atoms with Crippen molar-refractivity contribution in [3.05, 3.63) is 65.7 Å². The molecule has 1 atom stereocenters. The van der Waals surface area contributed by atoms with Crippen LogP contribution in [0.2, 0.25) is 10.0 Å². The number of nitrogens with zero attached hydrogens (tertiary/aromatic N) is 4. The Morgan fingerprint density at radius 2 is 1.77 bits per heavy atom. The molecule has 0 bridgehead atoms. The van der Waals surface area contributed by atoms with Crippen LogP contribution in [0.15, 0.2) is 29.5 Å². The maximum Gasteiger partial charge on any atom is 0.296 e. The number of carbonyl (C=O) groups excluding carboxylic acids is 2. The summed E-state index contributed by atoms with van der Waals surface area (Å²) in [4.78, 5) is 32.4. The Morgan fingerprint density at radius 3 is 2.30 bits per heavy atom. The third kappa shape index (κ3) is 3.31. The lowest BCUT2D eigenvalue weighted by Gasteiger charge is -2.25. The Hall–Kier alpha value is -2.33. The van der Waals surface area contributed by atoms with Crippen LogP contribution in [0.1, 0.15) is 37.0 Å². The van der Waals surface area contributed by atoms with Crippen LogP contribution < -0.4 is 4.90 Å². The molecular weight excluding hydrogens is 467 g/mol. The minimum absolute atomic E-state index is 0.116. The largest absolute Gasteiger partial charge is 0.503 e. The van der Waals surface area contributed by atoms with E-state index in [1.807, 2.05) is 0 Å². The molecule has 0 spiro atoms. The number of halogens is 2. The summed E-state index contributed by atoms with van der Waals surface area (Å²) in [6, 6.07) is 3.82. The number of carbonyl (C=O) groups is 2. The van der Waals surface area contributed by atoms with Crippen LogP contribution in [0, 0.1) is 20.8 Å². The number of aromatic nitrogens is 3. The van der Waals surface area contributed by atoms with Gasteiger partial charge in [-0.1, -0.05) is 40.6 Å². The Morgan fingerprint density at radius 1 is 1.10 bits per heavy atom. The van der Waals surface area contributed by atoms with Crippen molar-refractivity contribution >= 4 is 62.7 Å². The average molecular weight is 481 g/mol. The van der Waals surface area contributed by atoms with Crippen molar-refractivity contribution < 1.29 is 14.7 Å². The number of aliphatic hydroxyl groups excluding tert-OH is 1. The summed E-state index contributed by atoms with van der Waals surface area (Å²) in [6.45, 7) is 5.22. The molecule has 154 valence electrons. The first-order valence-corrected chi connectivity index (χ1v) is 11.1. The molecule has 1 N–H and O–H groups in total. The van der Waals surface area contributed by atoms with E-state index in [9.17, 15) is 14.7 Å². The Labute approximate surface area is 189 Å². The third-order valence-electron chi connectivity index (χ3n) is 4.56. The zero-order valence-electron chi connectivity index (χ0n) is 15.9. The number of thiazole rings is 1. The number of Topliss-reactive ketones (excluding diaryl/α,β-unsaturated/α-hetero) is 1. The normalized spacial score (nSPS) is 16.6. The molecule has 1 amide bonds. The van der Waals surface area contributed by atoms with E-state index in [4.69, 9.17) is 23.2 Å². The highest BCUT2D eigenvalue weighted by Crippen LogP contribution is 2.47. The first kappa shape index (κ1) is 20.9. The zero-order valence-corrected chi connectivity index (χ0v) is 19.1. The minimum Gasteiger partial charge on any atom is -0.503 e. The number of anilines is 1. The zero-order chi connectivity index (χ0) is 21.7. The molecule has 0 aliphatic carbocycles. The second-order valence-corrected chi connectivity index (χ2v) is 9.73. The standard InChI is InChI=1S/C19H14Cl2N4O3S2/c1-7-17(29-8(2)22-7)15(26)13-14(12-10(20)5-4-6-11(12)21)25(18(28)16(13)27)19-24-23-9(3)30-19/h4-6,14,27H,1-3H3. The summed E-state index contributed by atoms with van der Waals surface area (Å²) in [6.07, 6.45) is 0. The molecule has 1 aliphatic heterocycles. The van der Waals surface area contributed by atoms with E-state index in [2.05, 4.69) is 15.2 Å². The molecule has 0 saturated carbocycles. The van der Waals surface area contributed by atoms with E-state index < -0.39 is 23.5 Å². The number of aryl methyl sites for hydroxylation is 3. The molecule has 3 heterocycles. The molecule has 11 heteroatoms. The van der Waals surface area contributed by atoms with Gasteiger partial charge >= 0.3 is 0 Å². The molecule has 2 aromatic heterocycles. The van der Waals surface area contributed by atoms with Crippen molar-refractivity contribution in [2.45, 2.75) is 26.8 Å². The fourth-order valence-corrected chi connectivity index (χ4v) is 5.52. The second-order valence-electron chi connectivity index (χ2n) is 6.56. The number of ketones is 1. The topological polar surface area (TPSA) is 96.3 Å². The van der Waals surface area contributed by atoms with Crippen LogP contribution in [0.5, 0.6) is 0 Å². The van der Waals surface area contributed by atoms with Gasteiger partial charge in [0.1, 0.15) is 11.0 Å². The molecule has 3 aromatic rings. The highest BCUT2D eigenvalue weighted by molar-refractivity contribution is 7.15. The molecule has 7 nitrogen and oxygen atoms in total. The minimum atomic E-state index is -1.06. The first-order chi connectivity index (χ1) is 14.2.